The molecule has 0 fully saturated rings. The van der Waals surface area contributed by atoms with Crippen LogP contribution >= 0.6 is 0 Å². The van der Waals surface area contributed by atoms with Gasteiger partial charge in [-0.1, -0.05) is 0 Å². The Labute approximate surface area is 119 Å². The van der Waals surface area contributed by atoms with Crippen molar-refractivity contribution in [3.8, 4) is 5.75 Å². The highest BCUT2D eigenvalue weighted by molar-refractivity contribution is 5.25. The smallest absolute Gasteiger partial charge is 0.138 e. The topological polar surface area (TPSA) is 55.2 Å². The van der Waals surface area contributed by atoms with E-state index in [1.165, 1.54) is 5.56 Å². The molecule has 0 aliphatic heterocycles. The highest BCUT2D eigenvalue weighted by atomic mass is 16.5. The van der Waals surface area contributed by atoms with E-state index in [4.69, 9.17) is 4.74 Å². The van der Waals surface area contributed by atoms with Crippen LogP contribution in [-0.4, -0.2) is 21.2 Å². The molecule has 1 atom stereocenters. The third kappa shape index (κ3) is 4.31. The fourth-order valence-electron chi connectivity index (χ4n) is 1.97. The Morgan fingerprint density at radius 2 is 1.90 bits per heavy atom. The van der Waals surface area contributed by atoms with Crippen molar-refractivity contribution in [1.29, 1.82) is 0 Å². The standard InChI is InChI=1S/C16H20N2O2/c1-12(2)20-15-9-14(10-18-11-15)16(19)4-3-13-5-7-17-8-6-13/h5-12,16,19H,3-4H2,1-2H3. The molecule has 2 rings (SSSR count). The lowest BCUT2D eigenvalue weighted by molar-refractivity contribution is 0.166. The molecule has 4 heteroatoms. The van der Waals surface area contributed by atoms with Crippen LogP contribution in [0.1, 0.15) is 37.5 Å². The predicted molar refractivity (Wildman–Crippen MR) is 77.5 cm³/mol. The van der Waals surface area contributed by atoms with Crippen LogP contribution < -0.4 is 4.74 Å². The van der Waals surface area contributed by atoms with Crippen LogP contribution in [0.5, 0.6) is 5.75 Å². The maximum atomic E-state index is 10.2. The van der Waals surface area contributed by atoms with Gasteiger partial charge in [-0.2, -0.15) is 0 Å². The molecule has 0 saturated heterocycles. The van der Waals surface area contributed by atoms with E-state index in [2.05, 4.69) is 9.97 Å². The number of rotatable bonds is 6. The molecule has 0 aromatic carbocycles. The van der Waals surface area contributed by atoms with Crippen molar-refractivity contribution in [2.45, 2.75) is 38.9 Å². The monoisotopic (exact) mass is 272 g/mol. The first-order chi connectivity index (χ1) is 9.65. The number of ether oxygens (including phenoxy) is 1. The summed E-state index contributed by atoms with van der Waals surface area (Å²) in [5.74, 6) is 0.695. The molecule has 106 valence electrons. The molecular formula is C16H20N2O2. The molecule has 0 amide bonds. The summed E-state index contributed by atoms with van der Waals surface area (Å²) in [6, 6.07) is 5.77. The van der Waals surface area contributed by atoms with Crippen molar-refractivity contribution in [2.75, 3.05) is 0 Å². The quantitative estimate of drug-likeness (QED) is 0.878. The number of hydrogen-bond donors (Lipinski definition) is 1. The Morgan fingerprint density at radius 3 is 2.60 bits per heavy atom. The van der Waals surface area contributed by atoms with E-state index in [-0.39, 0.29) is 6.10 Å². The fourth-order valence-corrected chi connectivity index (χ4v) is 1.97. The maximum Gasteiger partial charge on any atom is 0.138 e. The van der Waals surface area contributed by atoms with Gasteiger partial charge in [0.1, 0.15) is 5.75 Å². The van der Waals surface area contributed by atoms with Crippen LogP contribution in [0.15, 0.2) is 43.0 Å². The van der Waals surface area contributed by atoms with Crippen molar-refractivity contribution < 1.29 is 9.84 Å². The van der Waals surface area contributed by atoms with Gasteiger partial charge in [0.2, 0.25) is 0 Å². The molecule has 0 spiro atoms. The zero-order valence-corrected chi connectivity index (χ0v) is 11.9. The molecule has 0 radical (unpaired) electrons. The Hall–Kier alpha value is -1.94. The number of aromatic nitrogens is 2. The van der Waals surface area contributed by atoms with Gasteiger partial charge in [-0.25, -0.2) is 0 Å². The van der Waals surface area contributed by atoms with Crippen LogP contribution in [0.2, 0.25) is 0 Å². The average Bonchev–Trinajstić information content (AvgIpc) is 2.45. The van der Waals surface area contributed by atoms with Crippen molar-refractivity contribution in [3.05, 3.63) is 54.1 Å². The third-order valence-corrected chi connectivity index (χ3v) is 2.95. The summed E-state index contributed by atoms with van der Waals surface area (Å²) in [5, 5.41) is 10.2. The third-order valence-electron chi connectivity index (χ3n) is 2.95. The molecule has 20 heavy (non-hydrogen) atoms. The van der Waals surface area contributed by atoms with Crippen molar-refractivity contribution in [3.63, 3.8) is 0 Å². The normalized spacial score (nSPS) is 12.4. The molecule has 0 saturated carbocycles. The second kappa shape index (κ2) is 7.01. The van der Waals surface area contributed by atoms with Gasteiger partial charge in [-0.05, 0) is 50.5 Å². The van der Waals surface area contributed by atoms with Gasteiger partial charge in [0.25, 0.3) is 0 Å². The number of nitrogens with zero attached hydrogens (tertiary/aromatic N) is 2. The largest absolute Gasteiger partial charge is 0.489 e. The van der Waals surface area contributed by atoms with Gasteiger partial charge in [0, 0.05) is 24.2 Å². The van der Waals surface area contributed by atoms with E-state index in [0.717, 1.165) is 12.0 Å². The lowest BCUT2D eigenvalue weighted by Gasteiger charge is -2.14. The van der Waals surface area contributed by atoms with Gasteiger partial charge in [0.15, 0.2) is 0 Å². The Kier molecular flexibility index (Phi) is 5.07. The first-order valence-corrected chi connectivity index (χ1v) is 6.83. The van der Waals surface area contributed by atoms with Gasteiger partial charge >= 0.3 is 0 Å². The zero-order valence-electron chi connectivity index (χ0n) is 11.9. The summed E-state index contributed by atoms with van der Waals surface area (Å²) in [5.41, 5.74) is 1.96. The van der Waals surface area contributed by atoms with E-state index in [9.17, 15) is 5.11 Å². The minimum absolute atomic E-state index is 0.0982. The molecular weight excluding hydrogens is 252 g/mol. The summed E-state index contributed by atoms with van der Waals surface area (Å²) < 4.78 is 5.59. The minimum atomic E-state index is -0.536. The first-order valence-electron chi connectivity index (χ1n) is 6.83. The van der Waals surface area contributed by atoms with E-state index in [0.29, 0.717) is 12.2 Å². The predicted octanol–water partition coefficient (Wildman–Crippen LogP) is 2.93. The van der Waals surface area contributed by atoms with Gasteiger partial charge in [-0.3, -0.25) is 9.97 Å². The molecule has 2 aromatic heterocycles. The van der Waals surface area contributed by atoms with Crippen LogP contribution in [0.4, 0.5) is 0 Å². The number of aliphatic hydroxyl groups excluding tert-OH is 1. The van der Waals surface area contributed by atoms with Crippen molar-refractivity contribution in [1.82, 2.24) is 9.97 Å². The summed E-state index contributed by atoms with van der Waals surface area (Å²) in [7, 11) is 0. The molecule has 1 unspecified atom stereocenters. The maximum absolute atomic E-state index is 10.2. The van der Waals surface area contributed by atoms with Crippen LogP contribution in [0.25, 0.3) is 0 Å². The van der Waals surface area contributed by atoms with Gasteiger partial charge < -0.3 is 9.84 Å². The molecule has 2 heterocycles. The molecule has 0 aliphatic carbocycles. The summed E-state index contributed by atoms with van der Waals surface area (Å²) in [4.78, 5) is 8.10. The second-order valence-electron chi connectivity index (χ2n) is 5.03. The lowest BCUT2D eigenvalue weighted by atomic mass is 10.0. The van der Waals surface area contributed by atoms with Crippen molar-refractivity contribution >= 4 is 0 Å². The number of hydrogen-bond acceptors (Lipinski definition) is 4. The molecule has 0 aliphatic rings. The highest BCUT2D eigenvalue weighted by Gasteiger charge is 2.10. The number of pyridine rings is 2. The lowest BCUT2D eigenvalue weighted by Crippen LogP contribution is -2.07. The van der Waals surface area contributed by atoms with E-state index in [1.807, 2.05) is 32.0 Å². The Morgan fingerprint density at radius 1 is 1.15 bits per heavy atom. The molecule has 1 N–H and O–H groups in total. The summed E-state index contributed by atoms with van der Waals surface area (Å²) >= 11 is 0. The first kappa shape index (κ1) is 14.5. The minimum Gasteiger partial charge on any atom is -0.489 e. The Bertz CT molecular complexity index is 529. The van der Waals surface area contributed by atoms with Crippen LogP contribution in [0.3, 0.4) is 0 Å². The van der Waals surface area contributed by atoms with E-state index in [1.54, 1.807) is 24.8 Å². The average molecular weight is 272 g/mol. The van der Waals surface area contributed by atoms with Gasteiger partial charge in [0.05, 0.1) is 18.4 Å². The zero-order chi connectivity index (χ0) is 14.4. The molecule has 4 nitrogen and oxygen atoms in total. The van der Waals surface area contributed by atoms with Crippen LogP contribution in [-0.2, 0) is 6.42 Å². The van der Waals surface area contributed by atoms with E-state index >= 15 is 0 Å². The highest BCUT2D eigenvalue weighted by Crippen LogP contribution is 2.22. The van der Waals surface area contributed by atoms with Gasteiger partial charge in [-0.15, -0.1) is 0 Å². The van der Waals surface area contributed by atoms with E-state index < -0.39 is 6.10 Å². The summed E-state index contributed by atoms with van der Waals surface area (Å²) in [6.07, 6.45) is 7.90. The molecule has 0 bridgehead atoms. The van der Waals surface area contributed by atoms with Crippen LogP contribution in [0, 0.1) is 0 Å². The SMILES string of the molecule is CC(C)Oc1cncc(C(O)CCc2ccncc2)c1. The Balaban J connectivity index is 1.96. The second-order valence-corrected chi connectivity index (χ2v) is 5.03. The fraction of sp³-hybridized carbons (Fsp3) is 0.375. The number of aryl methyl sites for hydroxylation is 1. The number of aliphatic hydroxyl groups is 1. The van der Waals surface area contributed by atoms with Crippen molar-refractivity contribution in [2.24, 2.45) is 0 Å². The summed E-state index contributed by atoms with van der Waals surface area (Å²) in [6.45, 7) is 3.93. The molecule has 2 aromatic rings.